The molecule has 35 heavy (non-hydrogen) atoms. The minimum atomic E-state index is -3.68. The molecule has 0 saturated carbocycles. The molecule has 1 unspecified atom stereocenters. The average Bonchev–Trinajstić information content (AvgIpc) is 2.84. The van der Waals surface area contributed by atoms with E-state index in [1.54, 1.807) is 37.4 Å². The van der Waals surface area contributed by atoms with Crippen molar-refractivity contribution in [2.24, 2.45) is 0 Å². The lowest BCUT2D eigenvalue weighted by molar-refractivity contribution is 0.0950. The Morgan fingerprint density at radius 3 is 2.66 bits per heavy atom. The highest BCUT2D eigenvalue weighted by Gasteiger charge is 2.31. The van der Waals surface area contributed by atoms with Gasteiger partial charge in [-0.3, -0.25) is 4.79 Å². The summed E-state index contributed by atoms with van der Waals surface area (Å²) in [4.78, 5) is 17.2. The molecule has 1 N–H and O–H groups in total. The van der Waals surface area contributed by atoms with E-state index >= 15 is 0 Å². The maximum atomic E-state index is 13.2. The van der Waals surface area contributed by atoms with E-state index in [4.69, 9.17) is 4.74 Å². The average molecular weight is 498 g/mol. The van der Waals surface area contributed by atoms with E-state index in [-0.39, 0.29) is 29.2 Å². The lowest BCUT2D eigenvalue weighted by atomic mass is 10.1. The van der Waals surface area contributed by atoms with Crippen LogP contribution in [0.4, 0.5) is 4.39 Å². The number of piperidine rings is 1. The highest BCUT2D eigenvalue weighted by atomic mass is 32.2. The molecular formula is C26H28FN3O4S. The molecular weight excluding hydrogens is 469 g/mol. The molecule has 1 atom stereocenters. The van der Waals surface area contributed by atoms with E-state index in [1.165, 1.54) is 34.6 Å². The second-order valence-corrected chi connectivity index (χ2v) is 10.6. The highest BCUT2D eigenvalue weighted by Crippen LogP contribution is 2.26. The molecule has 0 aliphatic carbocycles. The van der Waals surface area contributed by atoms with E-state index < -0.39 is 10.0 Å². The summed E-state index contributed by atoms with van der Waals surface area (Å²) in [6.07, 6.45) is 4.23. The Labute approximate surface area is 205 Å². The van der Waals surface area contributed by atoms with Crippen LogP contribution in [-0.2, 0) is 16.6 Å². The number of aromatic nitrogens is 1. The first-order chi connectivity index (χ1) is 16.7. The van der Waals surface area contributed by atoms with Crippen molar-refractivity contribution in [1.82, 2.24) is 14.6 Å². The van der Waals surface area contributed by atoms with Gasteiger partial charge in [0.2, 0.25) is 15.9 Å². The number of amides is 1. The van der Waals surface area contributed by atoms with E-state index in [2.05, 4.69) is 10.3 Å². The van der Waals surface area contributed by atoms with Crippen LogP contribution in [0.1, 0.15) is 47.7 Å². The smallest absolute Gasteiger partial charge is 0.251 e. The number of halogens is 1. The zero-order chi connectivity index (χ0) is 25.0. The lowest BCUT2D eigenvalue weighted by Crippen LogP contribution is -2.42. The quantitative estimate of drug-likeness (QED) is 0.506. The van der Waals surface area contributed by atoms with Crippen molar-refractivity contribution in [3.63, 3.8) is 0 Å². The van der Waals surface area contributed by atoms with Crippen LogP contribution in [0.3, 0.4) is 0 Å². The summed E-state index contributed by atoms with van der Waals surface area (Å²) in [5, 5.41) is 2.84. The van der Waals surface area contributed by atoms with Crippen LogP contribution in [0.25, 0.3) is 0 Å². The fraction of sp³-hybridized carbons (Fsp3) is 0.308. The number of carbonyl (C=O) groups excluding carboxylic acids is 1. The molecule has 7 nitrogen and oxygen atoms in total. The number of benzene rings is 2. The largest absolute Gasteiger partial charge is 0.439 e. The molecule has 2 heterocycles. The maximum Gasteiger partial charge on any atom is 0.251 e. The summed E-state index contributed by atoms with van der Waals surface area (Å²) < 4.78 is 46.7. The topological polar surface area (TPSA) is 88.6 Å². The molecule has 1 aromatic heterocycles. The van der Waals surface area contributed by atoms with Gasteiger partial charge in [0.25, 0.3) is 5.91 Å². The maximum absolute atomic E-state index is 13.2. The van der Waals surface area contributed by atoms with Crippen LogP contribution in [0.5, 0.6) is 11.6 Å². The third-order valence-electron chi connectivity index (χ3n) is 6.09. The fourth-order valence-corrected chi connectivity index (χ4v) is 5.81. The third kappa shape index (κ3) is 5.86. The molecule has 1 saturated heterocycles. The van der Waals surface area contributed by atoms with E-state index in [0.29, 0.717) is 29.3 Å². The summed E-state index contributed by atoms with van der Waals surface area (Å²) in [6, 6.07) is 13.6. The number of pyridine rings is 1. The number of ether oxygens (including phenoxy) is 1. The van der Waals surface area contributed by atoms with Crippen LogP contribution < -0.4 is 10.1 Å². The first-order valence-electron chi connectivity index (χ1n) is 11.5. The van der Waals surface area contributed by atoms with Crippen LogP contribution in [0, 0.1) is 12.7 Å². The highest BCUT2D eigenvalue weighted by molar-refractivity contribution is 7.89. The molecule has 1 aliphatic heterocycles. The first kappa shape index (κ1) is 24.8. The Morgan fingerprint density at radius 2 is 1.91 bits per heavy atom. The molecule has 0 spiro atoms. The van der Waals surface area contributed by atoms with Crippen LogP contribution in [0.15, 0.2) is 65.7 Å². The van der Waals surface area contributed by atoms with E-state index in [1.807, 2.05) is 6.92 Å². The van der Waals surface area contributed by atoms with E-state index in [0.717, 1.165) is 24.8 Å². The van der Waals surface area contributed by atoms with Crippen molar-refractivity contribution >= 4 is 15.9 Å². The first-order valence-corrected chi connectivity index (χ1v) is 13.0. The number of sulfonamides is 1. The number of nitrogens with one attached hydrogen (secondary N) is 1. The van der Waals surface area contributed by atoms with Gasteiger partial charge in [-0.2, -0.15) is 4.31 Å². The van der Waals surface area contributed by atoms with Crippen LogP contribution >= 0.6 is 0 Å². The van der Waals surface area contributed by atoms with Gasteiger partial charge in [-0.05, 0) is 80.3 Å². The standard InChI is InChI=1S/C26H28FN3O4S/c1-18-6-11-23(35(32,33)30-14-4-3-5-19(30)2)16-24(18)26(31)29-17-20-12-13-28-25(15-20)34-22-9-7-21(27)8-10-22/h6-13,15-16,19H,3-5,14,17H2,1-2H3,(H,29,31). The minimum absolute atomic E-state index is 0.0645. The van der Waals surface area contributed by atoms with Gasteiger partial charge >= 0.3 is 0 Å². The van der Waals surface area contributed by atoms with Crippen molar-refractivity contribution in [2.75, 3.05) is 6.54 Å². The zero-order valence-corrected chi connectivity index (χ0v) is 20.5. The van der Waals surface area contributed by atoms with Crippen molar-refractivity contribution in [3.8, 4) is 11.6 Å². The van der Waals surface area contributed by atoms with Crippen molar-refractivity contribution in [2.45, 2.75) is 50.6 Å². The number of rotatable bonds is 7. The Kier molecular flexibility index (Phi) is 7.47. The van der Waals surface area contributed by atoms with Gasteiger partial charge in [0, 0.05) is 37.0 Å². The molecule has 1 aliphatic rings. The molecule has 1 amide bonds. The second kappa shape index (κ2) is 10.5. The molecule has 1 fully saturated rings. The molecule has 0 bridgehead atoms. The van der Waals surface area contributed by atoms with Crippen molar-refractivity contribution in [1.29, 1.82) is 0 Å². The molecule has 184 valence electrons. The predicted molar refractivity (Wildman–Crippen MR) is 130 cm³/mol. The summed E-state index contributed by atoms with van der Waals surface area (Å²) in [5.41, 5.74) is 1.74. The van der Waals surface area contributed by atoms with Gasteiger partial charge in [-0.25, -0.2) is 17.8 Å². The normalized spacial score (nSPS) is 16.6. The number of carbonyl (C=O) groups is 1. The Balaban J connectivity index is 1.46. The Morgan fingerprint density at radius 1 is 1.14 bits per heavy atom. The summed E-state index contributed by atoms with van der Waals surface area (Å²) in [7, 11) is -3.68. The van der Waals surface area contributed by atoms with Crippen molar-refractivity contribution < 1.29 is 22.3 Å². The Bertz CT molecular complexity index is 1310. The minimum Gasteiger partial charge on any atom is -0.439 e. The van der Waals surface area contributed by atoms with Gasteiger partial charge in [0.1, 0.15) is 11.6 Å². The van der Waals surface area contributed by atoms with Gasteiger partial charge < -0.3 is 10.1 Å². The summed E-state index contributed by atoms with van der Waals surface area (Å²) in [5.74, 6) is 0.0171. The predicted octanol–water partition coefficient (Wildman–Crippen LogP) is 4.81. The number of nitrogens with zero attached hydrogens (tertiary/aromatic N) is 2. The number of aryl methyl sites for hydroxylation is 1. The summed E-state index contributed by atoms with van der Waals surface area (Å²) in [6.45, 7) is 4.38. The monoisotopic (exact) mass is 497 g/mol. The van der Waals surface area contributed by atoms with Gasteiger partial charge in [0.05, 0.1) is 4.90 Å². The molecule has 3 aromatic rings. The number of hydrogen-bond donors (Lipinski definition) is 1. The zero-order valence-electron chi connectivity index (χ0n) is 19.7. The Hall–Kier alpha value is -3.30. The fourth-order valence-electron chi connectivity index (χ4n) is 4.09. The second-order valence-electron chi connectivity index (χ2n) is 8.68. The lowest BCUT2D eigenvalue weighted by Gasteiger charge is -2.32. The van der Waals surface area contributed by atoms with Crippen molar-refractivity contribution in [3.05, 3.63) is 83.3 Å². The van der Waals surface area contributed by atoms with Gasteiger partial charge in [-0.1, -0.05) is 12.5 Å². The summed E-state index contributed by atoms with van der Waals surface area (Å²) >= 11 is 0. The van der Waals surface area contributed by atoms with Gasteiger partial charge in [-0.15, -0.1) is 0 Å². The SMILES string of the molecule is Cc1ccc(S(=O)(=O)N2CCCCC2C)cc1C(=O)NCc1ccnc(Oc2ccc(F)cc2)c1. The molecule has 9 heteroatoms. The molecule has 2 aromatic carbocycles. The molecule has 4 rings (SSSR count). The van der Waals surface area contributed by atoms with Crippen LogP contribution in [0.2, 0.25) is 0 Å². The van der Waals surface area contributed by atoms with Gasteiger partial charge in [0.15, 0.2) is 0 Å². The van der Waals surface area contributed by atoms with E-state index in [9.17, 15) is 17.6 Å². The van der Waals surface area contributed by atoms with Crippen LogP contribution in [-0.4, -0.2) is 36.2 Å². The number of hydrogen-bond acceptors (Lipinski definition) is 5. The third-order valence-corrected chi connectivity index (χ3v) is 8.10. The molecule has 0 radical (unpaired) electrons.